The predicted molar refractivity (Wildman–Crippen MR) is 181 cm³/mol. The lowest BCUT2D eigenvalue weighted by Gasteiger charge is -2.42. The van der Waals surface area contributed by atoms with Crippen molar-refractivity contribution in [2.24, 2.45) is 11.7 Å². The van der Waals surface area contributed by atoms with Crippen molar-refractivity contribution in [3.05, 3.63) is 108 Å². The minimum Gasteiger partial charge on any atom is -0.351 e. The first-order valence-corrected chi connectivity index (χ1v) is 16.0. The molecule has 7 heteroatoms. The second-order valence-corrected chi connectivity index (χ2v) is 12.3. The van der Waals surface area contributed by atoms with Crippen LogP contribution in [0.3, 0.4) is 0 Å². The molecule has 3 amide bonds. The van der Waals surface area contributed by atoms with Gasteiger partial charge in [-0.2, -0.15) is 0 Å². The van der Waals surface area contributed by atoms with E-state index in [0.29, 0.717) is 38.2 Å². The number of fused-ring (bicyclic) bond motifs is 1. The number of piperidine rings is 1. The molecule has 0 radical (unpaired) electrons. The van der Waals surface area contributed by atoms with Gasteiger partial charge in [-0.15, -0.1) is 0 Å². The van der Waals surface area contributed by atoms with Crippen molar-refractivity contribution in [3.8, 4) is 11.1 Å². The third-order valence-corrected chi connectivity index (χ3v) is 8.82. The normalized spacial score (nSPS) is 14.4. The minimum atomic E-state index is -0.214. The fraction of sp³-hybridized carbons (Fsp3) is 0.342. The van der Waals surface area contributed by atoms with Crippen LogP contribution < -0.4 is 11.1 Å². The Bertz CT molecular complexity index is 1660. The maximum atomic E-state index is 14.3. The highest BCUT2D eigenvalue weighted by Gasteiger charge is 2.33. The van der Waals surface area contributed by atoms with Crippen molar-refractivity contribution in [1.29, 1.82) is 0 Å². The summed E-state index contributed by atoms with van der Waals surface area (Å²) >= 11 is 0. The molecule has 1 unspecified atom stereocenters. The van der Waals surface area contributed by atoms with Crippen molar-refractivity contribution in [2.45, 2.75) is 52.1 Å². The zero-order chi connectivity index (χ0) is 31.9. The number of hydrogen-bond donors (Lipinski definition) is 2. The highest BCUT2D eigenvalue weighted by atomic mass is 16.2. The zero-order valence-electron chi connectivity index (χ0n) is 26.5. The second-order valence-electron chi connectivity index (χ2n) is 12.3. The third kappa shape index (κ3) is 7.43. The first kappa shape index (κ1) is 31.9. The lowest BCUT2D eigenvalue weighted by molar-refractivity contribution is -0.139. The monoisotopic (exact) mass is 604 g/mol. The van der Waals surface area contributed by atoms with E-state index >= 15 is 0 Å². The summed E-state index contributed by atoms with van der Waals surface area (Å²) in [5.74, 6) is 0.0225. The quantitative estimate of drug-likeness (QED) is 0.233. The van der Waals surface area contributed by atoms with Gasteiger partial charge in [0.15, 0.2) is 0 Å². The maximum absolute atomic E-state index is 14.3. The molecule has 0 bridgehead atoms. The van der Waals surface area contributed by atoms with Crippen LogP contribution in [0.5, 0.6) is 0 Å². The van der Waals surface area contributed by atoms with Crippen LogP contribution in [0.1, 0.15) is 61.1 Å². The summed E-state index contributed by atoms with van der Waals surface area (Å²) < 4.78 is 0. The van der Waals surface area contributed by atoms with Gasteiger partial charge in [-0.3, -0.25) is 14.4 Å². The molecule has 1 saturated heterocycles. The molecule has 3 N–H and O–H groups in total. The number of rotatable bonds is 10. The molecular weight excluding hydrogens is 560 g/mol. The van der Waals surface area contributed by atoms with Gasteiger partial charge in [-0.05, 0) is 64.9 Å². The molecule has 1 heterocycles. The van der Waals surface area contributed by atoms with E-state index in [2.05, 4.69) is 48.6 Å². The van der Waals surface area contributed by atoms with E-state index in [9.17, 15) is 14.4 Å². The summed E-state index contributed by atoms with van der Waals surface area (Å²) in [6.45, 7) is 8.00. The number of nitrogens with zero attached hydrogens (tertiary/aromatic N) is 2. The Kier molecular flexibility index (Phi) is 10.3. The molecule has 1 atom stereocenters. The Labute approximate surface area is 266 Å². The Morgan fingerprint density at radius 3 is 2.31 bits per heavy atom. The zero-order valence-corrected chi connectivity index (χ0v) is 26.5. The van der Waals surface area contributed by atoms with Crippen molar-refractivity contribution in [1.82, 2.24) is 15.1 Å². The standard InChI is InChI=1S/C38H44N4O3/c1-26(2)38(45)41-21-17-33(18-22-41)42(36(43)24-28-15-16-29-9-4-5-10-31(29)23-28)27(3)30-11-8-12-32(25-30)34-13-6-7-14-35(34)37(44)40-20-19-39/h4-16,23,25-27,33H,17-22,24,39H2,1-3H3,(H,40,44). The molecule has 234 valence electrons. The number of nitrogens with one attached hydrogen (secondary N) is 1. The average molecular weight is 605 g/mol. The molecule has 45 heavy (non-hydrogen) atoms. The Hall–Kier alpha value is -4.49. The van der Waals surface area contributed by atoms with Gasteiger partial charge in [0.1, 0.15) is 0 Å². The Balaban J connectivity index is 1.45. The lowest BCUT2D eigenvalue weighted by Crippen LogP contribution is -2.50. The SMILES string of the molecule is CC(C)C(=O)N1CCC(N(C(=O)Cc2ccc3ccccc3c2)C(C)c2cccc(-c3ccccc3C(=O)NCCN)c2)CC1. The van der Waals surface area contributed by atoms with Crippen LogP contribution in [-0.4, -0.2) is 59.7 Å². The smallest absolute Gasteiger partial charge is 0.251 e. The number of nitrogens with two attached hydrogens (primary N) is 1. The molecule has 1 aliphatic heterocycles. The summed E-state index contributed by atoms with van der Waals surface area (Å²) in [6, 6.07) is 29.9. The maximum Gasteiger partial charge on any atom is 0.251 e. The van der Waals surface area contributed by atoms with Crippen molar-refractivity contribution >= 4 is 28.5 Å². The highest BCUT2D eigenvalue weighted by Crippen LogP contribution is 2.32. The summed E-state index contributed by atoms with van der Waals surface area (Å²) in [4.78, 5) is 43.9. The fourth-order valence-corrected chi connectivity index (χ4v) is 6.42. The third-order valence-electron chi connectivity index (χ3n) is 8.82. The molecule has 0 aromatic heterocycles. The molecule has 0 aliphatic carbocycles. The van der Waals surface area contributed by atoms with Gasteiger partial charge in [-0.1, -0.05) is 92.7 Å². The topological polar surface area (TPSA) is 95.7 Å². The number of hydrogen-bond acceptors (Lipinski definition) is 4. The second kappa shape index (κ2) is 14.5. The van der Waals surface area contributed by atoms with E-state index in [1.165, 1.54) is 0 Å². The van der Waals surface area contributed by atoms with Crippen LogP contribution in [0.4, 0.5) is 0 Å². The summed E-state index contributed by atoms with van der Waals surface area (Å²) in [6.07, 6.45) is 1.76. The number of amides is 3. The van der Waals surface area contributed by atoms with Gasteiger partial charge in [0.2, 0.25) is 11.8 Å². The van der Waals surface area contributed by atoms with E-state index in [0.717, 1.165) is 45.9 Å². The van der Waals surface area contributed by atoms with Gasteiger partial charge < -0.3 is 20.9 Å². The van der Waals surface area contributed by atoms with Crippen LogP contribution >= 0.6 is 0 Å². The molecule has 0 spiro atoms. The highest BCUT2D eigenvalue weighted by molar-refractivity contribution is 6.01. The van der Waals surface area contributed by atoms with E-state index in [1.54, 1.807) is 0 Å². The average Bonchev–Trinajstić information content (AvgIpc) is 3.07. The van der Waals surface area contributed by atoms with Gasteiger partial charge in [-0.25, -0.2) is 0 Å². The lowest BCUT2D eigenvalue weighted by atomic mass is 9.93. The number of carbonyl (C=O) groups excluding carboxylic acids is 3. The van der Waals surface area contributed by atoms with E-state index < -0.39 is 0 Å². The molecule has 1 aliphatic rings. The van der Waals surface area contributed by atoms with Crippen LogP contribution in [0.25, 0.3) is 21.9 Å². The minimum absolute atomic E-state index is 0.00199. The van der Waals surface area contributed by atoms with Gasteiger partial charge in [0.05, 0.1) is 12.5 Å². The summed E-state index contributed by atoms with van der Waals surface area (Å²) in [5.41, 5.74) is 9.92. The molecule has 1 fully saturated rings. The van der Waals surface area contributed by atoms with E-state index in [1.807, 2.05) is 78.2 Å². The first-order chi connectivity index (χ1) is 21.8. The van der Waals surface area contributed by atoms with Crippen LogP contribution in [0.15, 0.2) is 91.0 Å². The Morgan fingerprint density at radius 2 is 1.58 bits per heavy atom. The van der Waals surface area contributed by atoms with Gasteiger partial charge in [0.25, 0.3) is 5.91 Å². The number of likely N-dealkylation sites (tertiary alicyclic amines) is 1. The van der Waals surface area contributed by atoms with Crippen molar-refractivity contribution in [2.75, 3.05) is 26.2 Å². The van der Waals surface area contributed by atoms with Crippen LogP contribution in [0.2, 0.25) is 0 Å². The van der Waals surface area contributed by atoms with Gasteiger partial charge >= 0.3 is 0 Å². The largest absolute Gasteiger partial charge is 0.351 e. The number of carbonyl (C=O) groups is 3. The number of benzene rings is 4. The molecular formula is C38H44N4O3. The fourth-order valence-electron chi connectivity index (χ4n) is 6.42. The van der Waals surface area contributed by atoms with Crippen LogP contribution in [-0.2, 0) is 16.0 Å². The molecule has 5 rings (SSSR count). The predicted octanol–water partition coefficient (Wildman–Crippen LogP) is 5.97. The molecule has 4 aromatic rings. The van der Waals surface area contributed by atoms with E-state index in [4.69, 9.17) is 5.73 Å². The van der Waals surface area contributed by atoms with Crippen molar-refractivity contribution in [3.63, 3.8) is 0 Å². The van der Waals surface area contributed by atoms with Crippen LogP contribution in [0, 0.1) is 5.92 Å². The summed E-state index contributed by atoms with van der Waals surface area (Å²) in [5, 5.41) is 5.14. The van der Waals surface area contributed by atoms with Gasteiger partial charge in [0, 0.05) is 43.7 Å². The molecule has 0 saturated carbocycles. The first-order valence-electron chi connectivity index (χ1n) is 16.0. The summed E-state index contributed by atoms with van der Waals surface area (Å²) in [7, 11) is 0. The van der Waals surface area contributed by atoms with Crippen molar-refractivity contribution < 1.29 is 14.4 Å². The molecule has 4 aromatic carbocycles. The van der Waals surface area contributed by atoms with E-state index in [-0.39, 0.29) is 35.7 Å². The Morgan fingerprint density at radius 1 is 0.867 bits per heavy atom. The molecule has 7 nitrogen and oxygen atoms in total.